The Bertz CT molecular complexity index is 1050. The second-order valence-corrected chi connectivity index (χ2v) is 7.72. The van der Waals surface area contributed by atoms with Crippen LogP contribution in [0.25, 0.3) is 11.3 Å². The van der Waals surface area contributed by atoms with Gasteiger partial charge in [-0.2, -0.15) is 4.98 Å². The van der Waals surface area contributed by atoms with Crippen LogP contribution in [0.2, 0.25) is 5.02 Å². The molecule has 4 rings (SSSR count). The number of thioether (sulfide) groups is 1. The fourth-order valence-electron chi connectivity index (χ4n) is 3.12. The molecule has 28 heavy (non-hydrogen) atoms. The van der Waals surface area contributed by atoms with E-state index in [4.69, 9.17) is 16.3 Å². The van der Waals surface area contributed by atoms with Gasteiger partial charge in [0.05, 0.1) is 5.69 Å². The average Bonchev–Trinajstić information content (AvgIpc) is 2.83. The van der Waals surface area contributed by atoms with Crippen LogP contribution in [0.5, 0.6) is 5.88 Å². The third-order valence-corrected chi connectivity index (χ3v) is 5.36. The van der Waals surface area contributed by atoms with Crippen molar-refractivity contribution in [1.29, 1.82) is 0 Å². The third kappa shape index (κ3) is 3.31. The van der Waals surface area contributed by atoms with Gasteiger partial charge in [0.2, 0.25) is 23.2 Å². The van der Waals surface area contributed by atoms with Gasteiger partial charge < -0.3 is 4.74 Å². The van der Waals surface area contributed by atoms with Crippen molar-refractivity contribution in [2.75, 3.05) is 10.7 Å². The Balaban J connectivity index is 1.97. The summed E-state index contributed by atoms with van der Waals surface area (Å²) in [5.74, 6) is 0.957. The quantitative estimate of drug-likeness (QED) is 0.578. The second-order valence-electron chi connectivity index (χ2n) is 6.08. The number of amides is 1. The molecule has 2 aromatic carbocycles. The summed E-state index contributed by atoms with van der Waals surface area (Å²) in [5.41, 5.74) is 2.57. The van der Waals surface area contributed by atoms with Gasteiger partial charge in [0.25, 0.3) is 0 Å². The maximum absolute atomic E-state index is 12.7. The molecule has 142 valence electrons. The largest absolute Gasteiger partial charge is 0.447 e. The zero-order valence-electron chi connectivity index (χ0n) is 15.3. The SMILES string of the molecule is CCSc1nnc2c(n1)O[C@H](c1ccccc1Cl)N(C(C)=O)c1ccccc1-2. The van der Waals surface area contributed by atoms with E-state index >= 15 is 0 Å². The Morgan fingerprint density at radius 2 is 1.93 bits per heavy atom. The van der Waals surface area contributed by atoms with Gasteiger partial charge in [0, 0.05) is 23.1 Å². The number of para-hydroxylation sites is 1. The van der Waals surface area contributed by atoms with E-state index in [0.717, 1.165) is 11.3 Å². The molecule has 0 fully saturated rings. The summed E-state index contributed by atoms with van der Waals surface area (Å²) >= 11 is 7.92. The Morgan fingerprint density at radius 3 is 2.68 bits per heavy atom. The first kappa shape index (κ1) is 18.7. The molecule has 0 saturated heterocycles. The molecule has 0 saturated carbocycles. The Hall–Kier alpha value is -2.64. The van der Waals surface area contributed by atoms with Gasteiger partial charge in [-0.3, -0.25) is 9.69 Å². The number of fused-ring (bicyclic) bond motifs is 3. The fourth-order valence-corrected chi connectivity index (χ4v) is 3.85. The van der Waals surface area contributed by atoms with Crippen LogP contribution in [0.1, 0.15) is 25.6 Å². The predicted octanol–water partition coefficient (Wildman–Crippen LogP) is 4.75. The van der Waals surface area contributed by atoms with E-state index in [1.165, 1.54) is 18.7 Å². The lowest BCUT2D eigenvalue weighted by atomic mass is 10.1. The summed E-state index contributed by atoms with van der Waals surface area (Å²) in [6, 6.07) is 14.8. The fraction of sp³-hybridized carbons (Fsp3) is 0.200. The summed E-state index contributed by atoms with van der Waals surface area (Å²) < 4.78 is 6.26. The minimum Gasteiger partial charge on any atom is -0.447 e. The van der Waals surface area contributed by atoms with Gasteiger partial charge in [0.15, 0.2) is 5.69 Å². The number of carbonyl (C=O) groups is 1. The van der Waals surface area contributed by atoms with E-state index in [9.17, 15) is 4.79 Å². The van der Waals surface area contributed by atoms with Crippen LogP contribution in [-0.2, 0) is 4.79 Å². The lowest BCUT2D eigenvalue weighted by Gasteiger charge is -2.30. The van der Waals surface area contributed by atoms with Gasteiger partial charge in [-0.25, -0.2) is 0 Å². The number of nitrogens with zero attached hydrogens (tertiary/aromatic N) is 4. The second kappa shape index (κ2) is 7.77. The van der Waals surface area contributed by atoms with E-state index in [1.807, 2.05) is 49.4 Å². The lowest BCUT2D eigenvalue weighted by Crippen LogP contribution is -2.36. The molecule has 3 aromatic rings. The maximum Gasteiger partial charge on any atom is 0.247 e. The normalized spacial score (nSPS) is 15.2. The number of aromatic nitrogens is 3. The highest BCUT2D eigenvalue weighted by Gasteiger charge is 2.35. The molecule has 0 unspecified atom stereocenters. The molecule has 0 aliphatic carbocycles. The molecule has 1 aliphatic rings. The molecule has 0 spiro atoms. The summed E-state index contributed by atoms with van der Waals surface area (Å²) in [6.07, 6.45) is -0.773. The molecule has 0 radical (unpaired) electrons. The van der Waals surface area contributed by atoms with Crippen LogP contribution < -0.4 is 9.64 Å². The van der Waals surface area contributed by atoms with E-state index in [-0.39, 0.29) is 5.91 Å². The number of hydrogen-bond donors (Lipinski definition) is 0. The van der Waals surface area contributed by atoms with Crippen molar-refractivity contribution in [3.05, 3.63) is 59.1 Å². The first-order chi connectivity index (χ1) is 13.6. The van der Waals surface area contributed by atoms with E-state index in [1.54, 1.807) is 11.0 Å². The molecule has 6 nitrogen and oxygen atoms in total. The molecule has 0 bridgehead atoms. The first-order valence-electron chi connectivity index (χ1n) is 8.78. The minimum atomic E-state index is -0.773. The molecular formula is C20H17ClN4O2S. The predicted molar refractivity (Wildman–Crippen MR) is 110 cm³/mol. The molecule has 1 aliphatic heterocycles. The summed E-state index contributed by atoms with van der Waals surface area (Å²) in [4.78, 5) is 18.8. The van der Waals surface area contributed by atoms with Crippen LogP contribution in [-0.4, -0.2) is 26.8 Å². The summed E-state index contributed by atoms with van der Waals surface area (Å²) in [5, 5.41) is 9.58. The minimum absolute atomic E-state index is 0.179. The highest BCUT2D eigenvalue weighted by Crippen LogP contribution is 2.44. The summed E-state index contributed by atoms with van der Waals surface area (Å²) in [7, 11) is 0. The molecule has 1 atom stereocenters. The van der Waals surface area contributed by atoms with E-state index < -0.39 is 6.23 Å². The zero-order chi connectivity index (χ0) is 19.7. The number of carbonyl (C=O) groups excluding carboxylic acids is 1. The first-order valence-corrected chi connectivity index (χ1v) is 10.1. The van der Waals surface area contributed by atoms with Gasteiger partial charge in [-0.15, -0.1) is 10.2 Å². The van der Waals surface area contributed by atoms with Gasteiger partial charge in [-0.1, -0.05) is 66.7 Å². The maximum atomic E-state index is 12.7. The Kier molecular flexibility index (Phi) is 5.19. The number of ether oxygens (including phenoxy) is 1. The number of benzene rings is 2. The molecule has 8 heteroatoms. The Morgan fingerprint density at radius 1 is 1.18 bits per heavy atom. The van der Waals surface area contributed by atoms with Crippen LogP contribution in [0.3, 0.4) is 0 Å². The summed E-state index contributed by atoms with van der Waals surface area (Å²) in [6.45, 7) is 3.51. The van der Waals surface area contributed by atoms with Crippen molar-refractivity contribution in [2.24, 2.45) is 0 Å². The molecule has 0 N–H and O–H groups in total. The highest BCUT2D eigenvalue weighted by atomic mass is 35.5. The highest BCUT2D eigenvalue weighted by molar-refractivity contribution is 7.99. The van der Waals surface area contributed by atoms with Crippen LogP contribution >= 0.6 is 23.4 Å². The van der Waals surface area contributed by atoms with Crippen molar-refractivity contribution in [1.82, 2.24) is 15.2 Å². The van der Waals surface area contributed by atoms with Crippen LogP contribution in [0.15, 0.2) is 53.7 Å². The number of anilines is 1. The lowest BCUT2D eigenvalue weighted by molar-refractivity contribution is -0.118. The number of hydrogen-bond acceptors (Lipinski definition) is 6. The zero-order valence-corrected chi connectivity index (χ0v) is 16.9. The van der Waals surface area contributed by atoms with Gasteiger partial charge in [0.1, 0.15) is 0 Å². The smallest absolute Gasteiger partial charge is 0.247 e. The molecule has 1 amide bonds. The third-order valence-electron chi connectivity index (χ3n) is 4.30. The van der Waals surface area contributed by atoms with E-state index in [0.29, 0.717) is 33.0 Å². The molecular weight excluding hydrogens is 396 g/mol. The van der Waals surface area contributed by atoms with Gasteiger partial charge in [-0.05, 0) is 17.9 Å². The van der Waals surface area contributed by atoms with Crippen molar-refractivity contribution >= 4 is 35.0 Å². The van der Waals surface area contributed by atoms with Crippen LogP contribution in [0, 0.1) is 0 Å². The number of halogens is 1. The number of rotatable bonds is 3. The topological polar surface area (TPSA) is 68.2 Å². The van der Waals surface area contributed by atoms with E-state index in [2.05, 4.69) is 15.2 Å². The van der Waals surface area contributed by atoms with Crippen molar-refractivity contribution in [3.8, 4) is 17.1 Å². The standard InChI is InChI=1S/C20H17ClN4O2S/c1-3-28-20-22-18-17(23-24-20)14-9-5-7-11-16(14)25(12(2)26)19(27-18)13-8-4-6-10-15(13)21/h4-11,19H,3H2,1-2H3/t19-/m1/s1. The van der Waals surface area contributed by atoms with Crippen molar-refractivity contribution in [2.45, 2.75) is 25.2 Å². The molecule has 2 heterocycles. The van der Waals surface area contributed by atoms with Crippen molar-refractivity contribution < 1.29 is 9.53 Å². The average molecular weight is 413 g/mol. The molecule has 1 aromatic heterocycles. The Labute approximate surface area is 171 Å². The van der Waals surface area contributed by atoms with Crippen LogP contribution in [0.4, 0.5) is 5.69 Å². The van der Waals surface area contributed by atoms with Crippen molar-refractivity contribution in [3.63, 3.8) is 0 Å². The van der Waals surface area contributed by atoms with Gasteiger partial charge >= 0.3 is 0 Å². The monoisotopic (exact) mass is 412 g/mol.